The van der Waals surface area contributed by atoms with Crippen LogP contribution in [0.2, 0.25) is 0 Å². The highest BCUT2D eigenvalue weighted by Crippen LogP contribution is 2.34. The smallest absolute Gasteiger partial charge is 0.253 e. The Balaban J connectivity index is 1.51. The van der Waals surface area contributed by atoms with Gasteiger partial charge >= 0.3 is 0 Å². The lowest BCUT2D eigenvalue weighted by Crippen LogP contribution is -2.44. The van der Waals surface area contributed by atoms with Crippen LogP contribution in [-0.4, -0.2) is 36.5 Å². The minimum atomic E-state index is 0.133. The average molecular weight is 496 g/mol. The molecule has 0 atom stereocenters. The Morgan fingerprint density at radius 3 is 2.37 bits per heavy atom. The maximum atomic E-state index is 12.5. The number of piperidine rings is 1. The number of nitrogens with one attached hydrogen (secondary N) is 1. The summed E-state index contributed by atoms with van der Waals surface area (Å²) in [5, 5.41) is 3.62. The average Bonchev–Trinajstić information content (AvgIpc) is 2.70. The van der Waals surface area contributed by atoms with E-state index in [0.29, 0.717) is 12.6 Å². The van der Waals surface area contributed by atoms with Crippen molar-refractivity contribution < 1.29 is 9.53 Å². The maximum Gasteiger partial charge on any atom is 0.253 e. The fraction of sp³-hybridized carbons (Fsp3) is 0.381. The highest BCUT2D eigenvalue weighted by atomic mass is 79.9. The molecule has 0 bridgehead atoms. The summed E-state index contributed by atoms with van der Waals surface area (Å²) in [6.45, 7) is 4.99. The maximum absolute atomic E-state index is 12.5. The second-order valence-corrected chi connectivity index (χ2v) is 8.34. The number of nitrogens with zero attached hydrogens (tertiary/aromatic N) is 1. The second-order valence-electron chi connectivity index (χ2n) is 6.64. The standard InChI is InChI=1S/C21H24Br2N2O2/c1-2-27-20-18(22)12-15(13-19(20)23)14-24-17-8-10-25(11-9-17)21(26)16-6-4-3-5-7-16/h3-7,12-13,17,24H,2,8-11,14H2,1H3. The quantitative estimate of drug-likeness (QED) is 0.612. The summed E-state index contributed by atoms with van der Waals surface area (Å²) in [4.78, 5) is 14.5. The molecule has 0 aliphatic carbocycles. The van der Waals surface area contributed by atoms with E-state index in [0.717, 1.165) is 52.7 Å². The molecular formula is C21H24Br2N2O2. The number of hydrogen-bond donors (Lipinski definition) is 1. The van der Waals surface area contributed by atoms with Crippen LogP contribution in [0.4, 0.5) is 0 Å². The first-order chi connectivity index (χ1) is 13.1. The van der Waals surface area contributed by atoms with Gasteiger partial charge in [-0.05, 0) is 81.5 Å². The van der Waals surface area contributed by atoms with Gasteiger partial charge in [-0.1, -0.05) is 18.2 Å². The largest absolute Gasteiger partial charge is 0.492 e. The molecule has 1 N–H and O–H groups in total. The molecule has 1 fully saturated rings. The van der Waals surface area contributed by atoms with E-state index in [4.69, 9.17) is 4.74 Å². The van der Waals surface area contributed by atoms with Crippen molar-refractivity contribution in [3.8, 4) is 5.75 Å². The summed E-state index contributed by atoms with van der Waals surface area (Å²) in [6.07, 6.45) is 1.94. The van der Waals surface area contributed by atoms with Crippen molar-refractivity contribution in [3.05, 3.63) is 62.5 Å². The van der Waals surface area contributed by atoms with E-state index in [1.54, 1.807) is 0 Å². The van der Waals surface area contributed by atoms with E-state index in [1.165, 1.54) is 5.56 Å². The molecule has 1 heterocycles. The lowest BCUT2D eigenvalue weighted by atomic mass is 10.0. The Labute approximate surface area is 177 Å². The van der Waals surface area contributed by atoms with Gasteiger partial charge in [-0.3, -0.25) is 4.79 Å². The molecule has 0 radical (unpaired) electrons. The van der Waals surface area contributed by atoms with Crippen LogP contribution in [0, 0.1) is 0 Å². The van der Waals surface area contributed by atoms with Crippen LogP contribution in [0.1, 0.15) is 35.7 Å². The normalized spacial score (nSPS) is 15.0. The lowest BCUT2D eigenvalue weighted by Gasteiger charge is -2.32. The van der Waals surface area contributed by atoms with Crippen molar-refractivity contribution >= 4 is 37.8 Å². The van der Waals surface area contributed by atoms with E-state index in [9.17, 15) is 4.79 Å². The van der Waals surface area contributed by atoms with Crippen LogP contribution in [0.3, 0.4) is 0 Å². The van der Waals surface area contributed by atoms with Crippen molar-refractivity contribution in [2.75, 3.05) is 19.7 Å². The molecule has 4 nitrogen and oxygen atoms in total. The van der Waals surface area contributed by atoms with Gasteiger partial charge in [-0.15, -0.1) is 0 Å². The third-order valence-corrected chi connectivity index (χ3v) is 5.92. The molecule has 1 aliphatic rings. The summed E-state index contributed by atoms with van der Waals surface area (Å²) < 4.78 is 7.55. The predicted octanol–water partition coefficient (Wildman–Crippen LogP) is 5.00. The molecule has 27 heavy (non-hydrogen) atoms. The molecule has 0 aromatic heterocycles. The number of likely N-dealkylation sites (tertiary alicyclic amines) is 1. The van der Waals surface area contributed by atoms with E-state index in [2.05, 4.69) is 49.3 Å². The van der Waals surface area contributed by atoms with Crippen molar-refractivity contribution in [2.24, 2.45) is 0 Å². The Bertz CT molecular complexity index is 752. The van der Waals surface area contributed by atoms with E-state index >= 15 is 0 Å². The first-order valence-corrected chi connectivity index (χ1v) is 10.9. The fourth-order valence-electron chi connectivity index (χ4n) is 3.31. The topological polar surface area (TPSA) is 41.6 Å². The second kappa shape index (κ2) is 9.71. The van der Waals surface area contributed by atoms with Crippen molar-refractivity contribution in [1.29, 1.82) is 0 Å². The summed E-state index contributed by atoms with van der Waals surface area (Å²) in [6, 6.07) is 14.1. The van der Waals surface area contributed by atoms with Crippen LogP contribution in [-0.2, 0) is 6.54 Å². The molecule has 144 valence electrons. The first kappa shape index (κ1) is 20.4. The molecule has 1 amide bonds. The lowest BCUT2D eigenvalue weighted by molar-refractivity contribution is 0.0704. The number of rotatable bonds is 6. The van der Waals surface area contributed by atoms with Gasteiger partial charge in [0, 0.05) is 31.2 Å². The third kappa shape index (κ3) is 5.33. The predicted molar refractivity (Wildman–Crippen MR) is 115 cm³/mol. The third-order valence-electron chi connectivity index (χ3n) is 4.74. The van der Waals surface area contributed by atoms with Gasteiger partial charge in [0.25, 0.3) is 5.91 Å². The number of carbonyl (C=O) groups is 1. The number of benzene rings is 2. The molecule has 1 saturated heterocycles. The van der Waals surface area contributed by atoms with E-state index in [-0.39, 0.29) is 5.91 Å². The number of halogens is 2. The highest BCUT2D eigenvalue weighted by Gasteiger charge is 2.23. The van der Waals surface area contributed by atoms with Gasteiger partial charge in [0.1, 0.15) is 5.75 Å². The molecule has 2 aromatic carbocycles. The van der Waals surface area contributed by atoms with Gasteiger partial charge in [0.15, 0.2) is 0 Å². The zero-order valence-electron chi connectivity index (χ0n) is 15.4. The summed E-state index contributed by atoms with van der Waals surface area (Å²) in [5.41, 5.74) is 1.97. The number of carbonyl (C=O) groups excluding carboxylic acids is 1. The summed E-state index contributed by atoms with van der Waals surface area (Å²) >= 11 is 7.17. The minimum Gasteiger partial charge on any atom is -0.492 e. The zero-order valence-corrected chi connectivity index (χ0v) is 18.6. The molecule has 0 spiro atoms. The Hall–Kier alpha value is -1.37. The van der Waals surface area contributed by atoms with Crippen molar-refractivity contribution in [3.63, 3.8) is 0 Å². The minimum absolute atomic E-state index is 0.133. The SMILES string of the molecule is CCOc1c(Br)cc(CNC2CCN(C(=O)c3ccccc3)CC2)cc1Br. The van der Waals surface area contributed by atoms with Crippen LogP contribution in [0.5, 0.6) is 5.75 Å². The molecule has 1 aliphatic heterocycles. The van der Waals surface area contributed by atoms with Crippen LogP contribution in [0.15, 0.2) is 51.4 Å². The zero-order chi connectivity index (χ0) is 19.2. The van der Waals surface area contributed by atoms with E-state index in [1.807, 2.05) is 42.2 Å². The van der Waals surface area contributed by atoms with Gasteiger partial charge < -0.3 is 15.0 Å². The highest BCUT2D eigenvalue weighted by molar-refractivity contribution is 9.11. The molecule has 0 unspecified atom stereocenters. The molecule has 2 aromatic rings. The number of amides is 1. The van der Waals surface area contributed by atoms with E-state index < -0.39 is 0 Å². The van der Waals surface area contributed by atoms with Gasteiger partial charge in [0.2, 0.25) is 0 Å². The van der Waals surface area contributed by atoms with Crippen LogP contribution >= 0.6 is 31.9 Å². The van der Waals surface area contributed by atoms with Gasteiger partial charge in [-0.2, -0.15) is 0 Å². The van der Waals surface area contributed by atoms with Gasteiger partial charge in [-0.25, -0.2) is 0 Å². The monoisotopic (exact) mass is 494 g/mol. The molecule has 3 rings (SSSR count). The summed E-state index contributed by atoms with van der Waals surface area (Å²) in [7, 11) is 0. The molecule has 6 heteroatoms. The van der Waals surface area contributed by atoms with Crippen LogP contribution < -0.4 is 10.1 Å². The van der Waals surface area contributed by atoms with Gasteiger partial charge in [0.05, 0.1) is 15.6 Å². The Kier molecular flexibility index (Phi) is 7.33. The Morgan fingerprint density at radius 2 is 1.78 bits per heavy atom. The molecular weight excluding hydrogens is 472 g/mol. The number of hydrogen-bond acceptors (Lipinski definition) is 3. The molecule has 0 saturated carbocycles. The van der Waals surface area contributed by atoms with Crippen molar-refractivity contribution in [2.45, 2.75) is 32.4 Å². The fourth-order valence-corrected chi connectivity index (χ4v) is 4.82. The van der Waals surface area contributed by atoms with Crippen molar-refractivity contribution in [1.82, 2.24) is 10.2 Å². The summed E-state index contributed by atoms with van der Waals surface area (Å²) in [5.74, 6) is 0.974. The number of ether oxygens (including phenoxy) is 1. The van der Waals surface area contributed by atoms with Crippen LogP contribution in [0.25, 0.3) is 0 Å². The first-order valence-electron chi connectivity index (χ1n) is 9.27. The Morgan fingerprint density at radius 1 is 1.15 bits per heavy atom.